The fraction of sp³-hybridized carbons (Fsp3) is 0.385. The van der Waals surface area contributed by atoms with Gasteiger partial charge in [-0.05, 0) is 54.8 Å². The summed E-state index contributed by atoms with van der Waals surface area (Å²) in [6.07, 6.45) is 2.51. The van der Waals surface area contributed by atoms with Gasteiger partial charge in [-0.3, -0.25) is 9.59 Å². The molecule has 1 amide bonds. The standard InChI is InChI=1S/C26H31NO6/c1-4-5-16-33-21-9-6-8-19(17-21)23-22(24(28)18-10-12-20(32-3)13-11-18)25(29)26(30)27(23)14-7-15-31-2/h6,8-13,17,23,28H,4-5,7,14-16H2,1-3H3. The van der Waals surface area contributed by atoms with E-state index in [0.29, 0.717) is 48.8 Å². The molecule has 1 fully saturated rings. The summed E-state index contributed by atoms with van der Waals surface area (Å²) in [7, 11) is 3.14. The zero-order chi connectivity index (χ0) is 23.8. The number of ether oxygens (including phenoxy) is 3. The van der Waals surface area contributed by atoms with Gasteiger partial charge in [0.05, 0.1) is 25.3 Å². The van der Waals surface area contributed by atoms with E-state index < -0.39 is 17.7 Å². The van der Waals surface area contributed by atoms with E-state index in [-0.39, 0.29) is 11.3 Å². The van der Waals surface area contributed by atoms with Gasteiger partial charge in [0.1, 0.15) is 17.3 Å². The van der Waals surface area contributed by atoms with Crippen LogP contribution in [-0.4, -0.2) is 55.7 Å². The molecule has 0 radical (unpaired) electrons. The number of unbranched alkanes of at least 4 members (excludes halogenated alkanes) is 1. The SMILES string of the molecule is CCCCOc1cccc(C2C(=C(O)c3ccc(OC)cc3)C(=O)C(=O)N2CCCOC)c1. The average molecular weight is 454 g/mol. The molecule has 1 heterocycles. The van der Waals surface area contributed by atoms with Crippen molar-refractivity contribution in [1.82, 2.24) is 4.90 Å². The van der Waals surface area contributed by atoms with Gasteiger partial charge in [-0.1, -0.05) is 25.5 Å². The van der Waals surface area contributed by atoms with Crippen LogP contribution in [0.1, 0.15) is 43.4 Å². The third kappa shape index (κ3) is 5.54. The Morgan fingerprint density at radius 3 is 2.42 bits per heavy atom. The number of amides is 1. The summed E-state index contributed by atoms with van der Waals surface area (Å²) < 4.78 is 16.1. The second-order valence-electron chi connectivity index (χ2n) is 7.84. The van der Waals surface area contributed by atoms with Gasteiger partial charge in [0.2, 0.25) is 0 Å². The van der Waals surface area contributed by atoms with Crippen molar-refractivity contribution in [3.8, 4) is 11.5 Å². The number of carbonyl (C=O) groups is 2. The van der Waals surface area contributed by atoms with Crippen LogP contribution in [0.3, 0.4) is 0 Å². The van der Waals surface area contributed by atoms with E-state index in [1.165, 1.54) is 4.90 Å². The monoisotopic (exact) mass is 453 g/mol. The summed E-state index contributed by atoms with van der Waals surface area (Å²) >= 11 is 0. The highest BCUT2D eigenvalue weighted by molar-refractivity contribution is 6.46. The van der Waals surface area contributed by atoms with Crippen molar-refractivity contribution in [1.29, 1.82) is 0 Å². The largest absolute Gasteiger partial charge is 0.507 e. The Morgan fingerprint density at radius 1 is 1.00 bits per heavy atom. The van der Waals surface area contributed by atoms with Crippen LogP contribution in [0.25, 0.3) is 5.76 Å². The molecular weight excluding hydrogens is 422 g/mol. The predicted octanol–water partition coefficient (Wildman–Crippen LogP) is 4.33. The Morgan fingerprint density at radius 2 is 1.76 bits per heavy atom. The van der Waals surface area contributed by atoms with E-state index in [2.05, 4.69) is 6.92 Å². The van der Waals surface area contributed by atoms with E-state index in [1.807, 2.05) is 24.3 Å². The number of benzene rings is 2. The first-order valence-corrected chi connectivity index (χ1v) is 11.2. The number of aliphatic hydroxyl groups is 1. The predicted molar refractivity (Wildman–Crippen MR) is 125 cm³/mol. The summed E-state index contributed by atoms with van der Waals surface area (Å²) in [5, 5.41) is 11.1. The van der Waals surface area contributed by atoms with Gasteiger partial charge in [-0.2, -0.15) is 0 Å². The molecule has 0 bridgehead atoms. The molecule has 1 saturated heterocycles. The average Bonchev–Trinajstić information content (AvgIpc) is 3.09. The van der Waals surface area contributed by atoms with Gasteiger partial charge < -0.3 is 24.2 Å². The van der Waals surface area contributed by atoms with E-state index in [9.17, 15) is 14.7 Å². The summed E-state index contributed by atoms with van der Waals surface area (Å²) in [6, 6.07) is 13.3. The molecule has 0 saturated carbocycles. The Bertz CT molecular complexity index is 998. The molecule has 7 nitrogen and oxygen atoms in total. The molecule has 1 N–H and O–H groups in total. The molecule has 33 heavy (non-hydrogen) atoms. The lowest BCUT2D eigenvalue weighted by molar-refractivity contribution is -0.140. The summed E-state index contributed by atoms with van der Waals surface area (Å²) in [5.41, 5.74) is 1.20. The highest BCUT2D eigenvalue weighted by atomic mass is 16.5. The third-order valence-electron chi connectivity index (χ3n) is 5.59. The molecule has 1 atom stereocenters. The lowest BCUT2D eigenvalue weighted by Gasteiger charge is -2.25. The van der Waals surface area contributed by atoms with E-state index >= 15 is 0 Å². The number of methoxy groups -OCH3 is 2. The van der Waals surface area contributed by atoms with Crippen molar-refractivity contribution >= 4 is 17.4 Å². The Kier molecular flexibility index (Phi) is 8.49. The van der Waals surface area contributed by atoms with E-state index in [0.717, 1.165) is 12.8 Å². The molecule has 2 aromatic carbocycles. The number of nitrogens with zero attached hydrogens (tertiary/aromatic N) is 1. The van der Waals surface area contributed by atoms with Gasteiger partial charge in [0.25, 0.3) is 11.7 Å². The fourth-order valence-corrected chi connectivity index (χ4v) is 3.85. The lowest BCUT2D eigenvalue weighted by Crippen LogP contribution is -2.31. The zero-order valence-corrected chi connectivity index (χ0v) is 19.4. The maximum atomic E-state index is 13.1. The maximum Gasteiger partial charge on any atom is 0.295 e. The summed E-state index contributed by atoms with van der Waals surface area (Å²) in [6.45, 7) is 3.45. The Balaban J connectivity index is 2.05. The van der Waals surface area contributed by atoms with E-state index in [4.69, 9.17) is 14.2 Å². The molecule has 7 heteroatoms. The molecule has 1 unspecified atom stereocenters. The first kappa shape index (κ1) is 24.3. The molecule has 1 aliphatic rings. The quantitative estimate of drug-likeness (QED) is 0.236. The number of hydrogen-bond acceptors (Lipinski definition) is 6. The van der Waals surface area contributed by atoms with Crippen LogP contribution >= 0.6 is 0 Å². The van der Waals surface area contributed by atoms with Crippen LogP contribution in [-0.2, 0) is 14.3 Å². The molecule has 0 aliphatic carbocycles. The van der Waals surface area contributed by atoms with Crippen LogP contribution in [0, 0.1) is 0 Å². The van der Waals surface area contributed by atoms with Crippen LogP contribution in [0.4, 0.5) is 0 Å². The van der Waals surface area contributed by atoms with Gasteiger partial charge in [0.15, 0.2) is 0 Å². The highest BCUT2D eigenvalue weighted by Crippen LogP contribution is 2.40. The molecule has 0 aromatic heterocycles. The van der Waals surface area contributed by atoms with Crippen molar-refractivity contribution in [2.75, 3.05) is 34.0 Å². The second-order valence-corrected chi connectivity index (χ2v) is 7.84. The van der Waals surface area contributed by atoms with Gasteiger partial charge in [-0.25, -0.2) is 0 Å². The minimum atomic E-state index is -0.723. The topological polar surface area (TPSA) is 85.3 Å². The number of carbonyl (C=O) groups excluding carboxylic acids is 2. The van der Waals surface area contributed by atoms with Crippen molar-refractivity contribution < 1.29 is 28.9 Å². The van der Waals surface area contributed by atoms with Crippen molar-refractivity contribution in [2.24, 2.45) is 0 Å². The minimum absolute atomic E-state index is 0.0632. The number of aliphatic hydroxyl groups excluding tert-OH is 1. The third-order valence-corrected chi connectivity index (χ3v) is 5.59. The van der Waals surface area contributed by atoms with Crippen LogP contribution < -0.4 is 9.47 Å². The smallest absolute Gasteiger partial charge is 0.295 e. The number of hydrogen-bond donors (Lipinski definition) is 1. The fourth-order valence-electron chi connectivity index (χ4n) is 3.85. The summed E-state index contributed by atoms with van der Waals surface area (Å²) in [5.74, 6) is -0.271. The van der Waals surface area contributed by atoms with Gasteiger partial charge >= 0.3 is 0 Å². The van der Waals surface area contributed by atoms with E-state index in [1.54, 1.807) is 38.5 Å². The van der Waals surface area contributed by atoms with Crippen molar-refractivity contribution in [3.63, 3.8) is 0 Å². The van der Waals surface area contributed by atoms with Crippen LogP contribution in [0.5, 0.6) is 11.5 Å². The molecule has 1 aliphatic heterocycles. The molecule has 3 rings (SSSR count). The molecule has 2 aromatic rings. The first-order chi connectivity index (χ1) is 16.0. The normalized spacial score (nSPS) is 17.4. The van der Waals surface area contributed by atoms with Gasteiger partial charge in [-0.15, -0.1) is 0 Å². The van der Waals surface area contributed by atoms with Crippen LogP contribution in [0.2, 0.25) is 0 Å². The van der Waals surface area contributed by atoms with Crippen molar-refractivity contribution in [3.05, 3.63) is 65.2 Å². The number of rotatable bonds is 11. The number of ketones is 1. The molecule has 176 valence electrons. The maximum absolute atomic E-state index is 13.1. The highest BCUT2D eigenvalue weighted by Gasteiger charge is 2.45. The van der Waals surface area contributed by atoms with Gasteiger partial charge in [0, 0.05) is 25.8 Å². The lowest BCUT2D eigenvalue weighted by atomic mass is 9.95. The Labute approximate surface area is 194 Å². The molecular formula is C26H31NO6. The molecule has 0 spiro atoms. The minimum Gasteiger partial charge on any atom is -0.507 e. The summed E-state index contributed by atoms with van der Waals surface area (Å²) in [4.78, 5) is 27.5. The Hall–Kier alpha value is -3.32. The number of likely N-dealkylation sites (tertiary alicyclic amines) is 1. The number of Topliss-reactive ketones (excluding diaryl/α,β-unsaturated/α-hetero) is 1. The van der Waals surface area contributed by atoms with Crippen molar-refractivity contribution in [2.45, 2.75) is 32.2 Å². The zero-order valence-electron chi connectivity index (χ0n) is 19.4. The first-order valence-electron chi connectivity index (χ1n) is 11.2. The van der Waals surface area contributed by atoms with Crippen LogP contribution in [0.15, 0.2) is 54.1 Å². The second kappa shape index (κ2) is 11.5.